The quantitative estimate of drug-likeness (QED) is 0.435. The molecule has 0 N–H and O–H groups in total. The largest absolute Gasteiger partial charge is 0.0654 e. The number of rotatable bonds is 9. The first-order valence-corrected chi connectivity index (χ1v) is 5.91. The third kappa shape index (κ3) is 14.8. The highest BCUT2D eigenvalue weighted by molar-refractivity contribution is 4.45. The lowest BCUT2D eigenvalue weighted by Gasteiger charge is -1.99. The summed E-state index contributed by atoms with van der Waals surface area (Å²) in [7, 11) is 0. The molecular weight excluding hydrogens is 156 g/mol. The molecule has 0 aliphatic heterocycles. The Kier molecular flexibility index (Phi) is 17.3. The van der Waals surface area contributed by atoms with E-state index < -0.39 is 0 Å². The molecule has 0 saturated carbocycles. The van der Waals surface area contributed by atoms with Crippen LogP contribution in [0, 0.1) is 7.43 Å². The minimum absolute atomic E-state index is 0. The van der Waals surface area contributed by atoms with Gasteiger partial charge in [0.15, 0.2) is 0 Å². The zero-order valence-corrected chi connectivity index (χ0v) is 9.65. The molecule has 0 aromatic rings. The first kappa shape index (κ1) is 15.5. The molecule has 0 aliphatic carbocycles. The van der Waals surface area contributed by atoms with Crippen molar-refractivity contribution in [2.24, 2.45) is 0 Å². The molecule has 0 bridgehead atoms. The van der Waals surface area contributed by atoms with Crippen LogP contribution in [0.25, 0.3) is 0 Å². The summed E-state index contributed by atoms with van der Waals surface area (Å²) in [5.41, 5.74) is 0. The molecule has 0 heterocycles. The normalized spacial score (nSPS) is 9.69. The van der Waals surface area contributed by atoms with Crippen LogP contribution >= 0.6 is 0 Å². The van der Waals surface area contributed by atoms with Gasteiger partial charge in [0.2, 0.25) is 0 Å². The van der Waals surface area contributed by atoms with Gasteiger partial charge in [-0.05, 0) is 7.43 Å². The van der Waals surface area contributed by atoms with E-state index in [0.717, 1.165) is 0 Å². The first-order valence-electron chi connectivity index (χ1n) is 5.91. The predicted octanol–water partition coefficient (Wildman–Crippen LogP) is 5.13. The van der Waals surface area contributed by atoms with Crippen LogP contribution in [0.3, 0.4) is 0 Å². The maximum Gasteiger partial charge on any atom is -0.0312 e. The van der Waals surface area contributed by atoms with E-state index in [1.54, 1.807) is 0 Å². The van der Waals surface area contributed by atoms with E-state index in [-0.39, 0.29) is 7.43 Å². The summed E-state index contributed by atoms with van der Waals surface area (Å²) < 4.78 is 0. The van der Waals surface area contributed by atoms with Gasteiger partial charge in [-0.1, -0.05) is 78.1 Å². The van der Waals surface area contributed by atoms with Gasteiger partial charge < -0.3 is 0 Å². The van der Waals surface area contributed by atoms with E-state index in [1.807, 2.05) is 0 Å². The van der Waals surface area contributed by atoms with Gasteiger partial charge in [0.1, 0.15) is 0 Å². The minimum atomic E-state index is 0. The molecule has 0 aliphatic rings. The second-order valence-corrected chi connectivity index (χ2v) is 3.83. The summed E-state index contributed by atoms with van der Waals surface area (Å²) in [4.78, 5) is 0. The average Bonchev–Trinajstić information content (AvgIpc) is 2.10. The zero-order valence-electron chi connectivity index (χ0n) is 9.65. The Balaban J connectivity index is 0. The predicted molar refractivity (Wildman–Crippen MR) is 61.8 cm³/mol. The second-order valence-electron chi connectivity index (χ2n) is 3.83. The Hall–Kier alpha value is 0. The summed E-state index contributed by atoms with van der Waals surface area (Å²) in [5, 5.41) is 0. The molecule has 0 spiro atoms. The molecule has 0 rings (SSSR count). The van der Waals surface area contributed by atoms with E-state index in [2.05, 4.69) is 13.8 Å². The SMILES string of the molecule is CCCCCCCCCCCC.[CH]. The average molecular weight is 183 g/mol. The van der Waals surface area contributed by atoms with Gasteiger partial charge in [-0.2, -0.15) is 0 Å². The van der Waals surface area contributed by atoms with Crippen molar-refractivity contribution in [3.05, 3.63) is 7.43 Å². The Labute approximate surface area is 86.1 Å². The molecule has 0 unspecified atom stereocenters. The van der Waals surface area contributed by atoms with Crippen LogP contribution in [-0.2, 0) is 0 Å². The highest BCUT2D eigenvalue weighted by Crippen LogP contribution is 2.09. The smallest absolute Gasteiger partial charge is 0.0312 e. The second kappa shape index (κ2) is 14.5. The van der Waals surface area contributed by atoms with Crippen LogP contribution < -0.4 is 0 Å². The number of hydrogen-bond donors (Lipinski definition) is 0. The first-order chi connectivity index (χ1) is 5.91. The summed E-state index contributed by atoms with van der Waals surface area (Å²) in [6, 6.07) is 0. The van der Waals surface area contributed by atoms with Crippen LogP contribution in [0.1, 0.15) is 78.1 Å². The van der Waals surface area contributed by atoms with Gasteiger partial charge >= 0.3 is 0 Å². The fraction of sp³-hybridized carbons (Fsp3) is 0.923. The maximum atomic E-state index is 2.28. The number of unbranched alkanes of at least 4 members (excludes halogenated alkanes) is 9. The van der Waals surface area contributed by atoms with Crippen molar-refractivity contribution in [3.8, 4) is 0 Å². The molecule has 13 heavy (non-hydrogen) atoms. The van der Waals surface area contributed by atoms with Crippen LogP contribution in [0.2, 0.25) is 0 Å². The molecule has 79 valence electrons. The highest BCUT2D eigenvalue weighted by atomic mass is 14.0. The van der Waals surface area contributed by atoms with Crippen LogP contribution in [0.15, 0.2) is 0 Å². The molecule has 0 aromatic heterocycles. The highest BCUT2D eigenvalue weighted by Gasteiger charge is 1.90. The monoisotopic (exact) mass is 183 g/mol. The fourth-order valence-electron chi connectivity index (χ4n) is 1.56. The van der Waals surface area contributed by atoms with E-state index in [1.165, 1.54) is 64.2 Å². The third-order valence-corrected chi connectivity index (χ3v) is 2.46. The van der Waals surface area contributed by atoms with Crippen molar-refractivity contribution in [1.29, 1.82) is 0 Å². The van der Waals surface area contributed by atoms with Gasteiger partial charge in [-0.15, -0.1) is 0 Å². The van der Waals surface area contributed by atoms with Crippen LogP contribution in [0.4, 0.5) is 0 Å². The molecule has 3 radical (unpaired) electrons. The third-order valence-electron chi connectivity index (χ3n) is 2.46. The van der Waals surface area contributed by atoms with Gasteiger partial charge in [0.25, 0.3) is 0 Å². The number of hydrogen-bond acceptors (Lipinski definition) is 0. The van der Waals surface area contributed by atoms with Crippen molar-refractivity contribution >= 4 is 0 Å². The van der Waals surface area contributed by atoms with E-state index in [0.29, 0.717) is 0 Å². The van der Waals surface area contributed by atoms with E-state index in [4.69, 9.17) is 0 Å². The van der Waals surface area contributed by atoms with Crippen LogP contribution in [0.5, 0.6) is 0 Å². The van der Waals surface area contributed by atoms with Crippen molar-refractivity contribution in [2.75, 3.05) is 0 Å². The Bertz CT molecular complexity index is 56.4. The molecular formula is C13H27. The fourth-order valence-corrected chi connectivity index (χ4v) is 1.56. The summed E-state index contributed by atoms with van der Waals surface area (Å²) >= 11 is 0. The van der Waals surface area contributed by atoms with Gasteiger partial charge in [0, 0.05) is 0 Å². The van der Waals surface area contributed by atoms with Crippen molar-refractivity contribution in [2.45, 2.75) is 78.1 Å². The van der Waals surface area contributed by atoms with Crippen molar-refractivity contribution in [3.63, 3.8) is 0 Å². The van der Waals surface area contributed by atoms with Gasteiger partial charge in [-0.25, -0.2) is 0 Å². The minimum Gasteiger partial charge on any atom is -0.0654 e. The lowest BCUT2D eigenvalue weighted by Crippen LogP contribution is -1.80. The molecule has 0 fully saturated rings. The van der Waals surface area contributed by atoms with Crippen LogP contribution in [-0.4, -0.2) is 0 Å². The van der Waals surface area contributed by atoms with Crippen molar-refractivity contribution in [1.82, 2.24) is 0 Å². The summed E-state index contributed by atoms with van der Waals surface area (Å²) in [6.45, 7) is 4.56. The Morgan fingerprint density at radius 3 is 0.923 bits per heavy atom. The standard InChI is InChI=1S/C12H26.CH/c1-3-5-7-9-11-12-10-8-6-4-2;/h3-12H2,1-2H3;1H. The lowest BCUT2D eigenvalue weighted by molar-refractivity contribution is 0.562. The Morgan fingerprint density at radius 2 is 0.692 bits per heavy atom. The van der Waals surface area contributed by atoms with E-state index >= 15 is 0 Å². The molecule has 0 atom stereocenters. The summed E-state index contributed by atoms with van der Waals surface area (Å²) in [5.74, 6) is 0. The molecule has 0 amide bonds. The van der Waals surface area contributed by atoms with Gasteiger partial charge in [-0.3, -0.25) is 0 Å². The van der Waals surface area contributed by atoms with E-state index in [9.17, 15) is 0 Å². The maximum absolute atomic E-state index is 2.28. The Morgan fingerprint density at radius 1 is 0.462 bits per heavy atom. The molecule has 0 aromatic carbocycles. The van der Waals surface area contributed by atoms with Gasteiger partial charge in [0.05, 0.1) is 0 Å². The zero-order chi connectivity index (χ0) is 9.07. The molecule has 0 nitrogen and oxygen atoms in total. The summed E-state index contributed by atoms with van der Waals surface area (Å²) in [6.07, 6.45) is 14.4. The van der Waals surface area contributed by atoms with Crippen molar-refractivity contribution < 1.29 is 0 Å². The lowest BCUT2D eigenvalue weighted by atomic mass is 10.1. The molecule has 0 heteroatoms. The topological polar surface area (TPSA) is 0 Å². The molecule has 0 saturated heterocycles.